The average molecular weight is 479 g/mol. The highest BCUT2D eigenvalue weighted by molar-refractivity contribution is 7.89. The number of halogens is 2. The van der Waals surface area contributed by atoms with E-state index in [1.165, 1.54) is 25.3 Å². The number of hydrogen-bond acceptors (Lipinski definition) is 4. The van der Waals surface area contributed by atoms with E-state index in [1.807, 2.05) is 0 Å². The lowest BCUT2D eigenvalue weighted by molar-refractivity contribution is -0.116. The first kappa shape index (κ1) is 23.1. The van der Waals surface area contributed by atoms with Crippen LogP contribution in [-0.2, 0) is 21.4 Å². The van der Waals surface area contributed by atoms with Crippen molar-refractivity contribution in [2.24, 2.45) is 0 Å². The summed E-state index contributed by atoms with van der Waals surface area (Å²) in [6.45, 7) is -0.380. The number of benzene rings is 3. The minimum atomic E-state index is -3.92. The molecule has 0 heterocycles. The third kappa shape index (κ3) is 5.98. The Labute approximate surface area is 191 Å². The van der Waals surface area contributed by atoms with E-state index < -0.39 is 15.9 Å². The number of hydrogen-bond donors (Lipinski definition) is 1. The van der Waals surface area contributed by atoms with Crippen LogP contribution < -0.4 is 10.1 Å². The SMILES string of the molecule is COc1ccc(NC(=O)CN(Cc2ccc(Cl)cc2)S(=O)(=O)c2ccccc2)cc1Cl. The molecule has 0 unspecified atom stereocenters. The van der Waals surface area contributed by atoms with Crippen molar-refractivity contribution in [1.29, 1.82) is 0 Å². The normalized spacial score (nSPS) is 11.4. The van der Waals surface area contributed by atoms with Crippen molar-refractivity contribution >= 4 is 44.8 Å². The van der Waals surface area contributed by atoms with Gasteiger partial charge in [0.25, 0.3) is 0 Å². The second kappa shape index (κ2) is 10.2. The Hall–Kier alpha value is -2.58. The molecule has 3 rings (SSSR count). The Bertz CT molecular complexity index is 1150. The van der Waals surface area contributed by atoms with Crippen molar-refractivity contribution in [3.8, 4) is 5.75 Å². The van der Waals surface area contributed by atoms with Crippen LogP contribution in [-0.4, -0.2) is 32.3 Å². The summed E-state index contributed by atoms with van der Waals surface area (Å²) in [5.41, 5.74) is 1.13. The minimum absolute atomic E-state index is 0.00514. The fourth-order valence-corrected chi connectivity index (χ4v) is 4.65. The second-order valence-corrected chi connectivity index (χ2v) is 9.39. The molecule has 0 saturated heterocycles. The average Bonchev–Trinajstić information content (AvgIpc) is 2.75. The van der Waals surface area contributed by atoms with Crippen molar-refractivity contribution in [3.05, 3.63) is 88.4 Å². The number of methoxy groups -OCH3 is 1. The molecule has 1 amide bonds. The second-order valence-electron chi connectivity index (χ2n) is 6.61. The molecule has 0 aliphatic heterocycles. The summed E-state index contributed by atoms with van der Waals surface area (Å²) in [6, 6.07) is 19.5. The van der Waals surface area contributed by atoms with E-state index in [0.29, 0.717) is 27.0 Å². The lowest BCUT2D eigenvalue weighted by Crippen LogP contribution is -2.37. The van der Waals surface area contributed by atoms with Crippen LogP contribution in [0.15, 0.2) is 77.7 Å². The summed E-state index contributed by atoms with van der Waals surface area (Å²) in [7, 11) is -2.43. The molecule has 0 fully saturated rings. The summed E-state index contributed by atoms with van der Waals surface area (Å²) in [4.78, 5) is 12.8. The monoisotopic (exact) mass is 478 g/mol. The standard InChI is InChI=1S/C22H20Cl2N2O4S/c1-30-21-12-11-18(13-20(21)24)25-22(27)15-26(14-16-7-9-17(23)10-8-16)31(28,29)19-5-3-2-4-6-19/h2-13H,14-15H2,1H3,(H,25,27). The molecule has 6 nitrogen and oxygen atoms in total. The van der Waals surface area contributed by atoms with Crippen LogP contribution in [0.1, 0.15) is 5.56 Å². The summed E-state index contributed by atoms with van der Waals surface area (Å²) in [6.07, 6.45) is 0. The maximum Gasteiger partial charge on any atom is 0.243 e. The molecule has 3 aromatic rings. The lowest BCUT2D eigenvalue weighted by atomic mass is 10.2. The summed E-state index contributed by atoms with van der Waals surface area (Å²) >= 11 is 12.0. The summed E-state index contributed by atoms with van der Waals surface area (Å²) in [5, 5.41) is 3.54. The predicted octanol–water partition coefficient (Wildman–Crippen LogP) is 4.83. The number of nitrogens with one attached hydrogen (secondary N) is 1. The van der Waals surface area contributed by atoms with Crippen LogP contribution in [0.5, 0.6) is 5.75 Å². The molecule has 0 saturated carbocycles. The Morgan fingerprint density at radius 1 is 1.00 bits per heavy atom. The molecule has 162 valence electrons. The highest BCUT2D eigenvalue weighted by atomic mass is 35.5. The zero-order valence-corrected chi connectivity index (χ0v) is 18.9. The number of nitrogens with zero attached hydrogens (tertiary/aromatic N) is 1. The van der Waals surface area contributed by atoms with Crippen molar-refractivity contribution in [2.75, 3.05) is 19.0 Å². The third-order valence-corrected chi connectivity index (χ3v) is 6.76. The van der Waals surface area contributed by atoms with Crippen molar-refractivity contribution in [2.45, 2.75) is 11.4 Å². The first-order chi connectivity index (χ1) is 14.8. The van der Waals surface area contributed by atoms with Gasteiger partial charge in [-0.15, -0.1) is 0 Å². The summed E-state index contributed by atoms with van der Waals surface area (Å²) in [5.74, 6) is -0.0367. The fraction of sp³-hybridized carbons (Fsp3) is 0.136. The quantitative estimate of drug-likeness (QED) is 0.502. The Balaban J connectivity index is 1.84. The van der Waals surface area contributed by atoms with Gasteiger partial charge >= 0.3 is 0 Å². The smallest absolute Gasteiger partial charge is 0.243 e. The van der Waals surface area contributed by atoms with Gasteiger partial charge in [-0.1, -0.05) is 53.5 Å². The van der Waals surface area contributed by atoms with Gasteiger partial charge in [0.15, 0.2) is 0 Å². The van der Waals surface area contributed by atoms with E-state index in [2.05, 4.69) is 5.32 Å². The largest absolute Gasteiger partial charge is 0.495 e. The lowest BCUT2D eigenvalue weighted by Gasteiger charge is -2.22. The molecule has 1 N–H and O–H groups in total. The first-order valence-electron chi connectivity index (χ1n) is 9.22. The molecular formula is C22H20Cl2N2O4S. The van der Waals surface area contributed by atoms with E-state index in [-0.39, 0.29) is 18.0 Å². The zero-order valence-electron chi connectivity index (χ0n) is 16.6. The van der Waals surface area contributed by atoms with E-state index >= 15 is 0 Å². The van der Waals surface area contributed by atoms with Gasteiger partial charge in [0.05, 0.1) is 23.6 Å². The highest BCUT2D eigenvalue weighted by Crippen LogP contribution is 2.27. The maximum atomic E-state index is 13.2. The van der Waals surface area contributed by atoms with Gasteiger partial charge < -0.3 is 10.1 Å². The van der Waals surface area contributed by atoms with E-state index in [0.717, 1.165) is 4.31 Å². The van der Waals surface area contributed by atoms with Gasteiger partial charge in [0.1, 0.15) is 5.75 Å². The van der Waals surface area contributed by atoms with Crippen LogP contribution in [0.25, 0.3) is 0 Å². The van der Waals surface area contributed by atoms with Crippen LogP contribution in [0.2, 0.25) is 10.0 Å². The van der Waals surface area contributed by atoms with E-state index in [9.17, 15) is 13.2 Å². The first-order valence-corrected chi connectivity index (χ1v) is 11.4. The van der Waals surface area contributed by atoms with Gasteiger partial charge in [0, 0.05) is 17.3 Å². The number of rotatable bonds is 8. The Morgan fingerprint density at radius 2 is 1.68 bits per heavy atom. The van der Waals surface area contributed by atoms with Crippen LogP contribution in [0.4, 0.5) is 5.69 Å². The molecule has 0 spiro atoms. The molecule has 0 aliphatic rings. The molecule has 0 aliphatic carbocycles. The van der Waals surface area contributed by atoms with Crippen LogP contribution in [0.3, 0.4) is 0 Å². The molecule has 0 atom stereocenters. The van der Waals surface area contributed by atoms with Gasteiger partial charge in [-0.25, -0.2) is 8.42 Å². The van der Waals surface area contributed by atoms with Crippen molar-refractivity contribution in [3.63, 3.8) is 0 Å². The molecule has 0 bridgehead atoms. The van der Waals surface area contributed by atoms with Crippen molar-refractivity contribution in [1.82, 2.24) is 4.31 Å². The topological polar surface area (TPSA) is 75.7 Å². The number of sulfonamides is 1. The zero-order chi connectivity index (χ0) is 22.4. The Kier molecular flexibility index (Phi) is 7.56. The number of ether oxygens (including phenoxy) is 1. The minimum Gasteiger partial charge on any atom is -0.495 e. The molecule has 0 aromatic heterocycles. The molecule has 9 heteroatoms. The van der Waals surface area contributed by atoms with E-state index in [1.54, 1.807) is 54.6 Å². The molecule has 31 heavy (non-hydrogen) atoms. The summed E-state index contributed by atoms with van der Waals surface area (Å²) < 4.78 is 32.6. The Morgan fingerprint density at radius 3 is 2.29 bits per heavy atom. The van der Waals surface area contributed by atoms with Gasteiger partial charge in [-0.3, -0.25) is 4.79 Å². The molecule has 0 radical (unpaired) electrons. The van der Waals surface area contributed by atoms with Gasteiger partial charge in [-0.2, -0.15) is 4.31 Å². The predicted molar refractivity (Wildman–Crippen MR) is 122 cm³/mol. The number of carbonyl (C=O) groups excluding carboxylic acids is 1. The molecular weight excluding hydrogens is 459 g/mol. The maximum absolute atomic E-state index is 13.2. The highest BCUT2D eigenvalue weighted by Gasteiger charge is 2.27. The van der Waals surface area contributed by atoms with Crippen LogP contribution >= 0.6 is 23.2 Å². The number of carbonyl (C=O) groups is 1. The third-order valence-electron chi connectivity index (χ3n) is 4.41. The number of amides is 1. The van der Waals surface area contributed by atoms with Gasteiger partial charge in [-0.05, 0) is 48.0 Å². The fourth-order valence-electron chi connectivity index (χ4n) is 2.87. The van der Waals surface area contributed by atoms with Gasteiger partial charge in [0.2, 0.25) is 15.9 Å². The van der Waals surface area contributed by atoms with E-state index in [4.69, 9.17) is 27.9 Å². The van der Waals surface area contributed by atoms with Crippen molar-refractivity contribution < 1.29 is 17.9 Å². The number of anilines is 1. The molecule has 3 aromatic carbocycles. The van der Waals surface area contributed by atoms with Crippen LogP contribution in [0, 0.1) is 0 Å².